The number of hydrogen-bond donors (Lipinski definition) is 1. The van der Waals surface area contributed by atoms with Gasteiger partial charge in [-0.15, -0.1) is 0 Å². The molecule has 36 heavy (non-hydrogen) atoms. The summed E-state index contributed by atoms with van der Waals surface area (Å²) in [5.74, 6) is -1.00. The van der Waals surface area contributed by atoms with Crippen LogP contribution in [0.25, 0.3) is 0 Å². The number of aromatic nitrogens is 1. The van der Waals surface area contributed by atoms with Gasteiger partial charge < -0.3 is 9.72 Å². The number of hydrogen-bond acceptors (Lipinski definition) is 6. The topological polar surface area (TPSA) is 79.5 Å². The SMILES string of the molecule is Cc1ccc(COc2ccccc2[C@H]2c3sc(=O)[nH]c3SC3C(=O)N(c4ccccc4)C(=O)C32)cc1. The first-order valence-electron chi connectivity index (χ1n) is 11.6. The first-order valence-corrected chi connectivity index (χ1v) is 13.3. The van der Waals surface area contributed by atoms with Gasteiger partial charge in [0, 0.05) is 16.4 Å². The van der Waals surface area contributed by atoms with E-state index in [4.69, 9.17) is 4.74 Å². The molecule has 2 unspecified atom stereocenters. The number of rotatable bonds is 5. The van der Waals surface area contributed by atoms with Crippen LogP contribution in [0.15, 0.2) is 88.7 Å². The van der Waals surface area contributed by atoms with Gasteiger partial charge in [-0.3, -0.25) is 14.4 Å². The third-order valence-electron chi connectivity index (χ3n) is 6.61. The summed E-state index contributed by atoms with van der Waals surface area (Å²) in [4.78, 5) is 44.5. The van der Waals surface area contributed by atoms with Crippen molar-refractivity contribution in [1.82, 2.24) is 4.98 Å². The highest BCUT2D eigenvalue weighted by molar-refractivity contribution is 8.00. The number of thioether (sulfide) groups is 1. The van der Waals surface area contributed by atoms with Crippen molar-refractivity contribution in [2.45, 2.75) is 29.7 Å². The number of anilines is 1. The Morgan fingerprint density at radius 1 is 0.889 bits per heavy atom. The maximum atomic E-state index is 13.8. The Hall–Kier alpha value is -3.62. The molecule has 2 aliphatic rings. The summed E-state index contributed by atoms with van der Waals surface area (Å²) in [5.41, 5.74) is 3.56. The van der Waals surface area contributed by atoms with E-state index in [0.717, 1.165) is 27.3 Å². The van der Waals surface area contributed by atoms with Gasteiger partial charge in [0.15, 0.2) is 0 Å². The standard InChI is InChI=1S/C28H22N2O4S2/c1-16-11-13-17(14-12-16)15-34-20-10-6-5-9-19(20)21-22-24(35-25-23(21)36-28(33)29-25)27(32)30(26(22)31)18-7-3-2-4-8-18/h2-14,21-22,24H,15H2,1H3,(H,29,33)/t21-,22?,24?/m1/s1. The Morgan fingerprint density at radius 2 is 1.61 bits per heavy atom. The number of aryl methyl sites for hydroxylation is 1. The molecule has 3 heterocycles. The third-order valence-corrected chi connectivity index (χ3v) is 9.01. The number of H-pyrrole nitrogens is 1. The predicted octanol–water partition coefficient (Wildman–Crippen LogP) is 5.12. The minimum absolute atomic E-state index is 0.199. The molecule has 6 nitrogen and oxygen atoms in total. The quantitative estimate of drug-likeness (QED) is 0.374. The molecular formula is C28H22N2O4S2. The summed E-state index contributed by atoms with van der Waals surface area (Å²) in [6.07, 6.45) is 0. The van der Waals surface area contributed by atoms with Crippen molar-refractivity contribution in [3.05, 3.63) is 110 Å². The van der Waals surface area contributed by atoms with Crippen LogP contribution in [-0.4, -0.2) is 22.0 Å². The van der Waals surface area contributed by atoms with Gasteiger partial charge in [0.1, 0.15) is 17.6 Å². The van der Waals surface area contributed by atoms with Crippen molar-refractivity contribution in [3.8, 4) is 5.75 Å². The van der Waals surface area contributed by atoms with Crippen molar-refractivity contribution in [1.29, 1.82) is 0 Å². The molecule has 0 saturated carbocycles. The van der Waals surface area contributed by atoms with Gasteiger partial charge in [0.2, 0.25) is 11.8 Å². The van der Waals surface area contributed by atoms with Gasteiger partial charge in [-0.25, -0.2) is 4.90 Å². The van der Waals surface area contributed by atoms with Gasteiger partial charge in [-0.05, 0) is 30.7 Å². The smallest absolute Gasteiger partial charge is 0.305 e. The molecule has 1 N–H and O–H groups in total. The molecule has 0 bridgehead atoms. The van der Waals surface area contributed by atoms with Crippen molar-refractivity contribution < 1.29 is 14.3 Å². The van der Waals surface area contributed by atoms with Gasteiger partial charge in [-0.2, -0.15) is 0 Å². The molecular weight excluding hydrogens is 492 g/mol. The molecule has 6 rings (SSSR count). The second-order valence-corrected chi connectivity index (χ2v) is 11.1. The van der Waals surface area contributed by atoms with Crippen LogP contribution >= 0.6 is 23.1 Å². The number of carbonyl (C=O) groups excluding carboxylic acids is 2. The molecule has 0 spiro atoms. The lowest BCUT2D eigenvalue weighted by Gasteiger charge is -2.30. The first kappa shape index (κ1) is 22.8. The summed E-state index contributed by atoms with van der Waals surface area (Å²) >= 11 is 2.37. The number of fused-ring (bicyclic) bond motifs is 2. The molecule has 2 aliphatic heterocycles. The second kappa shape index (κ2) is 9.11. The number of thiazole rings is 1. The zero-order chi connectivity index (χ0) is 24.8. The maximum Gasteiger partial charge on any atom is 0.305 e. The monoisotopic (exact) mass is 514 g/mol. The molecule has 2 amide bonds. The molecule has 1 fully saturated rings. The van der Waals surface area contributed by atoms with E-state index in [0.29, 0.717) is 23.1 Å². The number of aromatic amines is 1. The van der Waals surface area contributed by atoms with Crippen molar-refractivity contribution in [3.63, 3.8) is 0 Å². The summed E-state index contributed by atoms with van der Waals surface area (Å²) in [6.45, 7) is 2.40. The van der Waals surface area contributed by atoms with E-state index in [9.17, 15) is 14.4 Å². The average molecular weight is 515 g/mol. The highest BCUT2D eigenvalue weighted by Gasteiger charge is 2.56. The van der Waals surface area contributed by atoms with Crippen LogP contribution in [-0.2, 0) is 16.2 Å². The van der Waals surface area contributed by atoms with Gasteiger partial charge in [0.25, 0.3) is 0 Å². The predicted molar refractivity (Wildman–Crippen MR) is 141 cm³/mol. The largest absolute Gasteiger partial charge is 0.489 e. The van der Waals surface area contributed by atoms with Gasteiger partial charge >= 0.3 is 4.87 Å². The van der Waals surface area contributed by atoms with E-state index in [1.165, 1.54) is 22.2 Å². The Bertz CT molecular complexity index is 1510. The number of amides is 2. The average Bonchev–Trinajstić information content (AvgIpc) is 3.38. The zero-order valence-electron chi connectivity index (χ0n) is 19.3. The molecule has 3 aromatic carbocycles. The van der Waals surface area contributed by atoms with Crippen LogP contribution in [0, 0.1) is 12.8 Å². The van der Waals surface area contributed by atoms with E-state index in [1.807, 2.05) is 73.7 Å². The van der Waals surface area contributed by atoms with E-state index >= 15 is 0 Å². The molecule has 1 saturated heterocycles. The Labute approximate surface area is 215 Å². The normalized spacial score (nSPS) is 20.8. The van der Waals surface area contributed by atoms with E-state index in [2.05, 4.69) is 4.98 Å². The summed E-state index contributed by atoms with van der Waals surface area (Å²) in [5, 5.41) is 0.0197. The van der Waals surface area contributed by atoms with E-state index in [-0.39, 0.29) is 16.7 Å². The lowest BCUT2D eigenvalue weighted by molar-refractivity contribution is -0.122. The maximum absolute atomic E-state index is 13.8. The third kappa shape index (κ3) is 3.86. The van der Waals surface area contributed by atoms with Crippen LogP contribution < -0.4 is 14.5 Å². The lowest BCUT2D eigenvalue weighted by Crippen LogP contribution is -2.32. The number of ether oxygens (including phenoxy) is 1. The van der Waals surface area contributed by atoms with Gasteiger partial charge in [0.05, 0.1) is 16.6 Å². The highest BCUT2D eigenvalue weighted by atomic mass is 32.2. The molecule has 0 radical (unpaired) electrons. The summed E-state index contributed by atoms with van der Waals surface area (Å²) in [6, 6.07) is 24.7. The highest BCUT2D eigenvalue weighted by Crippen LogP contribution is 2.54. The van der Waals surface area contributed by atoms with Crippen LogP contribution in [0.4, 0.5) is 5.69 Å². The Balaban J connectivity index is 1.42. The van der Waals surface area contributed by atoms with Crippen LogP contribution in [0.2, 0.25) is 0 Å². The molecule has 0 aliphatic carbocycles. The number of nitrogens with one attached hydrogen (secondary N) is 1. The second-order valence-electron chi connectivity index (χ2n) is 8.91. The fourth-order valence-corrected chi connectivity index (χ4v) is 7.40. The van der Waals surface area contributed by atoms with Crippen LogP contribution in [0.1, 0.15) is 27.5 Å². The Morgan fingerprint density at radius 3 is 2.39 bits per heavy atom. The number of nitrogens with zero attached hydrogens (tertiary/aromatic N) is 1. The molecule has 180 valence electrons. The number of imide groups is 1. The first-order chi connectivity index (χ1) is 17.5. The number of carbonyl (C=O) groups is 2. The minimum Gasteiger partial charge on any atom is -0.489 e. The fraction of sp³-hybridized carbons (Fsp3) is 0.179. The summed E-state index contributed by atoms with van der Waals surface area (Å²) < 4.78 is 6.26. The van der Waals surface area contributed by atoms with E-state index in [1.54, 1.807) is 12.1 Å². The zero-order valence-corrected chi connectivity index (χ0v) is 21.0. The molecule has 8 heteroatoms. The van der Waals surface area contributed by atoms with Crippen molar-refractivity contribution in [2.24, 2.45) is 5.92 Å². The Kier molecular flexibility index (Phi) is 5.78. The van der Waals surface area contributed by atoms with Crippen molar-refractivity contribution >= 4 is 40.6 Å². The number of para-hydroxylation sites is 2. The molecule has 1 aromatic heterocycles. The lowest BCUT2D eigenvalue weighted by atomic mass is 9.82. The minimum atomic E-state index is -0.647. The van der Waals surface area contributed by atoms with Crippen molar-refractivity contribution in [2.75, 3.05) is 4.90 Å². The van der Waals surface area contributed by atoms with Crippen LogP contribution in [0.5, 0.6) is 5.75 Å². The molecule has 4 aromatic rings. The van der Waals surface area contributed by atoms with Gasteiger partial charge in [-0.1, -0.05) is 89.3 Å². The number of benzene rings is 3. The molecule has 3 atom stereocenters. The van der Waals surface area contributed by atoms with E-state index < -0.39 is 17.1 Å². The van der Waals surface area contributed by atoms with Crippen LogP contribution in [0.3, 0.4) is 0 Å². The summed E-state index contributed by atoms with van der Waals surface area (Å²) in [7, 11) is 0. The fourth-order valence-electron chi connectivity index (χ4n) is 4.90.